The number of hydrogen-bond acceptors (Lipinski definition) is 5. The number of nitrogens with zero attached hydrogens (tertiary/aromatic N) is 3. The molecule has 3 heterocycles. The van der Waals surface area contributed by atoms with E-state index in [0.29, 0.717) is 13.2 Å². The van der Waals surface area contributed by atoms with Crippen molar-refractivity contribution in [1.82, 2.24) is 0 Å². The quantitative estimate of drug-likeness (QED) is 0.141. The molecule has 0 aliphatic carbocycles. The first-order valence-electron chi connectivity index (χ1n) is 29.3. The van der Waals surface area contributed by atoms with Gasteiger partial charge in [0.1, 0.15) is 0 Å². The minimum Gasteiger partial charge on any atom is -0.490 e. The van der Waals surface area contributed by atoms with Gasteiger partial charge in [-0.1, -0.05) is 196 Å². The lowest BCUT2D eigenvalue weighted by molar-refractivity contribution is 0.297. The highest BCUT2D eigenvalue weighted by Gasteiger charge is 2.45. The maximum atomic E-state index is 6.60. The van der Waals surface area contributed by atoms with Gasteiger partial charge in [0.25, 0.3) is 6.71 Å². The molecular weight excluding hydrogens is 998 g/mol. The van der Waals surface area contributed by atoms with E-state index < -0.39 is 0 Å². The summed E-state index contributed by atoms with van der Waals surface area (Å²) in [5.41, 5.74) is 25.6. The smallest absolute Gasteiger partial charge is 0.252 e. The predicted molar refractivity (Wildman–Crippen MR) is 348 cm³/mol. The Kier molecular flexibility index (Phi) is 13.1. The lowest BCUT2D eigenvalue weighted by Crippen LogP contribution is -2.61. The molecule has 82 heavy (non-hydrogen) atoms. The number of anilines is 9. The van der Waals surface area contributed by atoms with E-state index in [1.807, 2.05) is 0 Å². The Morgan fingerprint density at radius 2 is 0.890 bits per heavy atom. The molecule has 0 saturated carbocycles. The molecule has 5 nitrogen and oxygen atoms in total. The molecule has 0 saturated heterocycles. The van der Waals surface area contributed by atoms with E-state index in [4.69, 9.17) is 9.47 Å². The zero-order chi connectivity index (χ0) is 56.7. The number of ether oxygens (including phenoxy) is 2. The van der Waals surface area contributed by atoms with Gasteiger partial charge in [-0.15, -0.1) is 0 Å². The summed E-state index contributed by atoms with van der Waals surface area (Å²) in [4.78, 5) is 7.53. The third-order valence-corrected chi connectivity index (χ3v) is 16.9. The monoisotopic (exact) mass is 1070 g/mol. The van der Waals surface area contributed by atoms with Crippen molar-refractivity contribution in [3.8, 4) is 44.9 Å². The van der Waals surface area contributed by atoms with Crippen LogP contribution in [0.4, 0.5) is 51.2 Å². The van der Waals surface area contributed by atoms with Gasteiger partial charge in [-0.2, -0.15) is 0 Å². The molecule has 406 valence electrons. The summed E-state index contributed by atoms with van der Waals surface area (Å²) >= 11 is 0. The lowest BCUT2D eigenvalue weighted by Gasteiger charge is -2.45. The molecular formula is C76H72BN3O2. The second-order valence-electron chi connectivity index (χ2n) is 25.7. The highest BCUT2D eigenvalue weighted by molar-refractivity contribution is 7.00. The fraction of sp³-hybridized carbons (Fsp3) is 0.211. The highest BCUT2D eigenvalue weighted by atomic mass is 16.5. The van der Waals surface area contributed by atoms with Crippen LogP contribution in [0.2, 0.25) is 0 Å². The first-order chi connectivity index (χ1) is 39.5. The van der Waals surface area contributed by atoms with Gasteiger partial charge in [-0.3, -0.25) is 0 Å². The van der Waals surface area contributed by atoms with Crippen LogP contribution in [0.15, 0.2) is 218 Å². The van der Waals surface area contributed by atoms with Crippen LogP contribution in [0.5, 0.6) is 11.5 Å². The largest absolute Gasteiger partial charge is 0.490 e. The van der Waals surface area contributed by atoms with Crippen molar-refractivity contribution in [3.05, 3.63) is 241 Å². The van der Waals surface area contributed by atoms with Crippen LogP contribution in [-0.4, -0.2) is 19.9 Å². The summed E-state index contributed by atoms with van der Waals surface area (Å²) in [5, 5.41) is 0. The van der Waals surface area contributed by atoms with E-state index in [-0.39, 0.29) is 23.0 Å². The zero-order valence-electron chi connectivity index (χ0n) is 49.1. The van der Waals surface area contributed by atoms with Crippen LogP contribution in [0.25, 0.3) is 33.4 Å². The van der Waals surface area contributed by atoms with Gasteiger partial charge in [0, 0.05) is 63.5 Å². The van der Waals surface area contributed by atoms with E-state index >= 15 is 0 Å². The maximum Gasteiger partial charge on any atom is 0.252 e. The van der Waals surface area contributed by atoms with Crippen molar-refractivity contribution in [3.63, 3.8) is 0 Å². The molecule has 0 amide bonds. The van der Waals surface area contributed by atoms with Crippen molar-refractivity contribution in [2.45, 2.75) is 91.9 Å². The molecule has 3 aliphatic heterocycles. The summed E-state index contributed by atoms with van der Waals surface area (Å²) < 4.78 is 13.1. The van der Waals surface area contributed by atoms with Gasteiger partial charge in [-0.25, -0.2) is 0 Å². The van der Waals surface area contributed by atoms with Gasteiger partial charge in [0.05, 0.1) is 18.9 Å². The minimum absolute atomic E-state index is 0.0188. The molecule has 0 N–H and O–H groups in total. The topological polar surface area (TPSA) is 28.2 Å². The molecule has 0 aromatic heterocycles. The van der Waals surface area contributed by atoms with Crippen molar-refractivity contribution in [1.29, 1.82) is 0 Å². The summed E-state index contributed by atoms with van der Waals surface area (Å²) in [6.45, 7) is 24.1. The minimum atomic E-state index is -0.125. The Hall–Kier alpha value is -8.74. The Balaban J connectivity index is 1.13. The average molecular weight is 1070 g/mol. The van der Waals surface area contributed by atoms with E-state index in [2.05, 4.69) is 302 Å². The van der Waals surface area contributed by atoms with Gasteiger partial charge in [-0.05, 0) is 168 Å². The average Bonchev–Trinajstić information content (AvgIpc) is 1.31. The molecule has 10 aromatic carbocycles. The van der Waals surface area contributed by atoms with Gasteiger partial charge in [0.2, 0.25) is 0 Å². The van der Waals surface area contributed by atoms with Crippen molar-refractivity contribution in [2.24, 2.45) is 0 Å². The molecule has 6 heteroatoms. The van der Waals surface area contributed by atoms with Crippen LogP contribution in [-0.2, 0) is 16.2 Å². The Labute approximate surface area is 486 Å². The van der Waals surface area contributed by atoms with Crippen LogP contribution in [0, 0.1) is 6.92 Å². The molecule has 13 rings (SSSR count). The van der Waals surface area contributed by atoms with Gasteiger partial charge < -0.3 is 24.2 Å². The second-order valence-corrected chi connectivity index (χ2v) is 25.7. The Morgan fingerprint density at radius 3 is 1.44 bits per heavy atom. The zero-order valence-corrected chi connectivity index (χ0v) is 49.1. The van der Waals surface area contributed by atoms with Crippen LogP contribution < -0.4 is 40.6 Å². The number of fused-ring (bicyclic) bond motifs is 5. The fourth-order valence-electron chi connectivity index (χ4n) is 12.5. The predicted octanol–water partition coefficient (Wildman–Crippen LogP) is 18.6. The fourth-order valence-corrected chi connectivity index (χ4v) is 12.5. The Morgan fingerprint density at radius 1 is 0.378 bits per heavy atom. The van der Waals surface area contributed by atoms with Crippen LogP contribution in [0.3, 0.4) is 0 Å². The van der Waals surface area contributed by atoms with Crippen molar-refractivity contribution >= 4 is 74.3 Å². The third kappa shape index (κ3) is 9.62. The summed E-state index contributed by atoms with van der Waals surface area (Å²) in [6.07, 6.45) is 0.818. The molecule has 3 aliphatic rings. The first-order valence-corrected chi connectivity index (χ1v) is 29.3. The number of benzene rings is 10. The number of hydrogen-bond donors (Lipinski definition) is 0. The molecule has 0 fully saturated rings. The van der Waals surface area contributed by atoms with Crippen LogP contribution in [0.1, 0.15) is 91.0 Å². The van der Waals surface area contributed by atoms with E-state index in [1.54, 1.807) is 0 Å². The van der Waals surface area contributed by atoms with Crippen molar-refractivity contribution in [2.75, 3.05) is 27.9 Å². The number of aryl methyl sites for hydroxylation is 1. The third-order valence-electron chi connectivity index (χ3n) is 16.9. The standard InChI is InChI=1S/C76H72BN3O2/c1-50-41-69-73-70(42-50)80(67-49-72-71(81-39-20-40-82-72)48-63(67)53-21-14-11-15-22-53)66-38-35-58(76(8,9)10)46-65(66)77(73)64-37-36-61(78(59-23-16-12-17-24-59)60-25-18-13-19-26-60)47-68(64)79(69)62-44-54(51-27-31-56(32-28-51)74(2,3)4)43-55(45-62)52-29-33-57(34-30-52)75(5,6)7/h11-19,21-38,41-49H,20,39-40H2,1-10H3. The first kappa shape index (κ1) is 52.6. The summed E-state index contributed by atoms with van der Waals surface area (Å²) in [6, 6.07) is 82.0. The summed E-state index contributed by atoms with van der Waals surface area (Å²) in [7, 11) is 0. The SMILES string of the molecule is Cc1cc2c3c(c1)N(c1cc4c(cc1-c1ccccc1)OCCCO4)c1ccc(C(C)(C)C)cc1B3c1ccc(N(c3ccccc3)c3ccccc3)cc1N2c1cc(-c2ccc(C(C)(C)C)cc2)cc(-c2ccc(C(C)(C)C)cc2)c1. The van der Waals surface area contributed by atoms with E-state index in [1.165, 1.54) is 44.2 Å². The van der Waals surface area contributed by atoms with Gasteiger partial charge in [0.15, 0.2) is 11.5 Å². The molecule has 10 aromatic rings. The number of para-hydroxylation sites is 2. The normalized spacial score (nSPS) is 13.7. The van der Waals surface area contributed by atoms with E-state index in [9.17, 15) is 0 Å². The molecule has 0 spiro atoms. The molecule has 0 bridgehead atoms. The Bertz CT molecular complexity index is 3910. The molecule has 0 radical (unpaired) electrons. The van der Waals surface area contributed by atoms with Crippen LogP contribution >= 0.6 is 0 Å². The molecule has 0 atom stereocenters. The summed E-state index contributed by atoms with van der Waals surface area (Å²) in [5.74, 6) is 1.54. The number of rotatable bonds is 8. The van der Waals surface area contributed by atoms with E-state index in [0.717, 1.165) is 96.9 Å². The highest BCUT2D eigenvalue weighted by Crippen LogP contribution is 2.52. The molecule has 0 unspecified atom stereocenters. The van der Waals surface area contributed by atoms with Gasteiger partial charge >= 0.3 is 0 Å². The maximum absolute atomic E-state index is 6.60. The second kappa shape index (κ2) is 20.4. The van der Waals surface area contributed by atoms with Crippen molar-refractivity contribution < 1.29 is 9.47 Å². The lowest BCUT2D eigenvalue weighted by atomic mass is 9.33.